The summed E-state index contributed by atoms with van der Waals surface area (Å²) in [6, 6.07) is 7.28. The summed E-state index contributed by atoms with van der Waals surface area (Å²) in [5.74, 6) is 0.322. The van der Waals surface area contributed by atoms with E-state index in [0.29, 0.717) is 25.3 Å². The molecule has 0 spiro atoms. The number of amides is 2. The normalized spacial score (nSPS) is 17.5. The van der Waals surface area contributed by atoms with Crippen LogP contribution in [0.15, 0.2) is 30.3 Å². The van der Waals surface area contributed by atoms with Gasteiger partial charge in [-0.05, 0) is 49.6 Å². The Bertz CT molecular complexity index is 1180. The molecule has 0 heterocycles. The zero-order valence-electron chi connectivity index (χ0n) is 28.3. The summed E-state index contributed by atoms with van der Waals surface area (Å²) in [5.41, 5.74) is 0.790. The Morgan fingerprint density at radius 2 is 1.72 bits per heavy atom. The van der Waals surface area contributed by atoms with Crippen LogP contribution in [0.2, 0.25) is 0 Å². The summed E-state index contributed by atoms with van der Waals surface area (Å²) < 4.78 is 28.0. The number of aliphatic hydroxyl groups is 2. The lowest BCUT2D eigenvalue weighted by Crippen LogP contribution is -2.56. The first-order valence-corrected chi connectivity index (χ1v) is 18.6. The van der Waals surface area contributed by atoms with Crippen LogP contribution in [0.4, 0.5) is 0 Å². The maximum absolute atomic E-state index is 13.8. The van der Waals surface area contributed by atoms with Gasteiger partial charge in [-0.1, -0.05) is 83.2 Å². The van der Waals surface area contributed by atoms with Crippen molar-refractivity contribution in [1.82, 2.24) is 20.3 Å². The number of carbonyl (C=O) groups excluding carboxylic acids is 2. The van der Waals surface area contributed by atoms with E-state index in [4.69, 9.17) is 6.42 Å². The third kappa shape index (κ3) is 14.1. The Morgan fingerprint density at radius 1 is 1.04 bits per heavy atom. The minimum Gasteiger partial charge on any atom is -0.390 e. The maximum Gasteiger partial charge on any atom is 0.243 e. The Hall–Kier alpha value is -2.49. The van der Waals surface area contributed by atoms with Crippen LogP contribution in [0.25, 0.3) is 0 Å². The van der Waals surface area contributed by atoms with Gasteiger partial charge in [0.2, 0.25) is 21.8 Å². The van der Waals surface area contributed by atoms with E-state index in [1.807, 2.05) is 51.1 Å². The van der Waals surface area contributed by atoms with Gasteiger partial charge in [-0.3, -0.25) is 9.59 Å². The number of terminal acetylenes is 1. The first-order valence-electron chi connectivity index (χ1n) is 17.0. The van der Waals surface area contributed by atoms with E-state index in [9.17, 15) is 28.2 Å². The predicted octanol–water partition coefficient (Wildman–Crippen LogP) is 2.84. The topological polar surface area (TPSA) is 148 Å². The molecule has 260 valence electrons. The lowest BCUT2D eigenvalue weighted by Gasteiger charge is -2.33. The molecule has 46 heavy (non-hydrogen) atoms. The summed E-state index contributed by atoms with van der Waals surface area (Å²) in [7, 11) is -2.32. The molecule has 1 aromatic rings. The summed E-state index contributed by atoms with van der Waals surface area (Å²) in [6.07, 6.45) is 10.6. The number of carbonyl (C=O) groups is 2. The number of hydrogen-bond acceptors (Lipinski definition) is 7. The summed E-state index contributed by atoms with van der Waals surface area (Å²) >= 11 is 0. The monoisotopic (exact) mass is 662 g/mol. The number of hydrogen-bond donors (Lipinski definition) is 5. The number of nitrogens with one attached hydrogen (secondary N) is 3. The molecular weight excluding hydrogens is 604 g/mol. The van der Waals surface area contributed by atoms with E-state index in [1.165, 1.54) is 11.4 Å². The van der Waals surface area contributed by atoms with Gasteiger partial charge in [-0.2, -0.15) is 0 Å². The van der Waals surface area contributed by atoms with Crippen molar-refractivity contribution in [3.8, 4) is 12.3 Å². The quantitative estimate of drug-likeness (QED) is 0.100. The fraction of sp³-hybridized carbons (Fsp3) is 0.714. The average molecular weight is 663 g/mol. The van der Waals surface area contributed by atoms with Gasteiger partial charge in [0.15, 0.2) is 0 Å². The van der Waals surface area contributed by atoms with E-state index in [-0.39, 0.29) is 25.3 Å². The molecule has 1 saturated carbocycles. The van der Waals surface area contributed by atoms with Crippen molar-refractivity contribution in [2.45, 2.75) is 109 Å². The minimum atomic E-state index is -3.82. The second-order valence-corrected chi connectivity index (χ2v) is 15.4. The molecule has 1 aromatic carbocycles. The van der Waals surface area contributed by atoms with Gasteiger partial charge in [-0.25, -0.2) is 12.7 Å². The Labute approximate surface area is 277 Å². The van der Waals surface area contributed by atoms with Crippen molar-refractivity contribution < 1.29 is 28.2 Å². The molecule has 5 N–H and O–H groups in total. The van der Waals surface area contributed by atoms with Crippen molar-refractivity contribution in [3.63, 3.8) is 0 Å². The van der Waals surface area contributed by atoms with Crippen LogP contribution in [-0.4, -0.2) is 91.5 Å². The van der Waals surface area contributed by atoms with Crippen LogP contribution in [0, 0.1) is 30.1 Å². The molecule has 3 unspecified atom stereocenters. The fourth-order valence-electron chi connectivity index (χ4n) is 6.04. The number of nitrogens with zero attached hydrogens (tertiary/aromatic N) is 1. The molecule has 0 saturated heterocycles. The second-order valence-electron chi connectivity index (χ2n) is 13.2. The summed E-state index contributed by atoms with van der Waals surface area (Å²) in [4.78, 5) is 27.4. The van der Waals surface area contributed by atoms with E-state index >= 15 is 0 Å². The van der Waals surface area contributed by atoms with Crippen LogP contribution < -0.4 is 16.0 Å². The van der Waals surface area contributed by atoms with Crippen LogP contribution >= 0.6 is 0 Å². The van der Waals surface area contributed by atoms with Gasteiger partial charge < -0.3 is 26.2 Å². The van der Waals surface area contributed by atoms with Crippen LogP contribution in [-0.2, 0) is 26.0 Å². The molecule has 0 radical (unpaired) electrons. The highest BCUT2D eigenvalue weighted by atomic mass is 32.2. The van der Waals surface area contributed by atoms with Crippen molar-refractivity contribution in [3.05, 3.63) is 35.9 Å². The summed E-state index contributed by atoms with van der Waals surface area (Å²) in [6.45, 7) is 7.47. The number of rotatable bonds is 21. The molecular formula is C35H58N4O6S. The third-order valence-corrected chi connectivity index (χ3v) is 10.7. The van der Waals surface area contributed by atoms with Crippen molar-refractivity contribution in [1.29, 1.82) is 0 Å². The molecule has 1 fully saturated rings. The van der Waals surface area contributed by atoms with Crippen molar-refractivity contribution in [2.24, 2.45) is 17.8 Å². The highest BCUT2D eigenvalue weighted by molar-refractivity contribution is 7.89. The smallest absolute Gasteiger partial charge is 0.243 e. The van der Waals surface area contributed by atoms with Crippen molar-refractivity contribution >= 4 is 21.8 Å². The fourth-order valence-corrected chi connectivity index (χ4v) is 7.44. The Kier molecular flexibility index (Phi) is 17.8. The van der Waals surface area contributed by atoms with Gasteiger partial charge in [0.1, 0.15) is 12.1 Å². The number of benzene rings is 1. The third-order valence-electron chi connectivity index (χ3n) is 8.73. The Morgan fingerprint density at radius 3 is 2.33 bits per heavy atom. The molecule has 11 heteroatoms. The SMILES string of the molecule is C#CC[C@H](NC(=O)C(Cc1ccccc1)CS(=O)(=O)N(C)CCNCCC)C(=O)NC(CC1CCCCC1)[C@@H](O)C(O)CC(C)C. The van der Waals surface area contributed by atoms with Crippen molar-refractivity contribution in [2.75, 3.05) is 32.4 Å². The lowest BCUT2D eigenvalue weighted by molar-refractivity contribution is -0.132. The molecule has 0 bridgehead atoms. The first-order chi connectivity index (χ1) is 21.9. The van der Waals surface area contributed by atoms with Gasteiger partial charge in [0.05, 0.1) is 23.8 Å². The summed E-state index contributed by atoms with van der Waals surface area (Å²) in [5, 5.41) is 30.8. The minimum absolute atomic E-state index is 0.119. The van der Waals surface area contributed by atoms with Gasteiger partial charge in [-0.15, -0.1) is 12.3 Å². The van der Waals surface area contributed by atoms with Crippen LogP contribution in [0.5, 0.6) is 0 Å². The molecule has 10 nitrogen and oxygen atoms in total. The standard InChI is InChI=1S/C35H58N4O6S/c1-6-14-30(35(43)38-31(24-28-17-12-9-13-18-28)33(41)32(40)22-26(3)4)37-34(42)29(23-27-15-10-8-11-16-27)25-46(44,45)39(5)21-20-36-19-7-2/h1,8,10-11,15-16,26,28-33,36,40-41H,7,9,12-14,17-25H2,2-5H3,(H,37,42)(H,38,43)/t29?,30-,31?,32?,33+/m0/s1. The Balaban J connectivity index is 2.24. The number of likely N-dealkylation sites (N-methyl/N-ethyl adjacent to an activating group) is 1. The highest BCUT2D eigenvalue weighted by Gasteiger charge is 2.35. The molecule has 1 aliphatic carbocycles. The molecule has 2 rings (SSSR count). The maximum atomic E-state index is 13.8. The van der Waals surface area contributed by atoms with Crippen LogP contribution in [0.3, 0.4) is 0 Å². The van der Waals surface area contributed by atoms with Crippen LogP contribution in [0.1, 0.15) is 84.1 Å². The van der Waals surface area contributed by atoms with Gasteiger partial charge in [0.25, 0.3) is 0 Å². The molecule has 2 amide bonds. The zero-order chi connectivity index (χ0) is 34.1. The van der Waals surface area contributed by atoms with E-state index in [2.05, 4.69) is 21.9 Å². The highest BCUT2D eigenvalue weighted by Crippen LogP contribution is 2.29. The van der Waals surface area contributed by atoms with E-state index in [1.54, 1.807) is 0 Å². The predicted molar refractivity (Wildman–Crippen MR) is 183 cm³/mol. The van der Waals surface area contributed by atoms with Gasteiger partial charge >= 0.3 is 0 Å². The largest absolute Gasteiger partial charge is 0.390 e. The van der Waals surface area contributed by atoms with E-state index in [0.717, 1.165) is 50.6 Å². The molecule has 1 aliphatic rings. The van der Waals surface area contributed by atoms with E-state index < -0.39 is 57.8 Å². The number of aliphatic hydroxyl groups excluding tert-OH is 2. The molecule has 5 atom stereocenters. The molecule has 0 aromatic heterocycles. The molecule has 0 aliphatic heterocycles. The second kappa shape index (κ2) is 20.7. The zero-order valence-corrected chi connectivity index (χ0v) is 29.1. The average Bonchev–Trinajstić information content (AvgIpc) is 3.02. The first kappa shape index (κ1) is 39.7. The van der Waals surface area contributed by atoms with Gasteiger partial charge in [0, 0.05) is 26.6 Å². The lowest BCUT2D eigenvalue weighted by atomic mass is 9.82. The number of sulfonamides is 1.